The summed E-state index contributed by atoms with van der Waals surface area (Å²) in [5.74, 6) is 0.244. The van der Waals surface area contributed by atoms with Crippen LogP contribution in [0, 0.1) is 6.92 Å². The average Bonchev–Trinajstić information content (AvgIpc) is 2.26. The molecule has 0 saturated carbocycles. The molecule has 0 bridgehead atoms. The van der Waals surface area contributed by atoms with E-state index in [1.807, 2.05) is 26.2 Å². The van der Waals surface area contributed by atoms with Crippen molar-refractivity contribution in [1.29, 1.82) is 0 Å². The van der Waals surface area contributed by atoms with E-state index in [0.29, 0.717) is 6.42 Å². The number of hydrogen-bond acceptors (Lipinski definition) is 4. The Morgan fingerprint density at radius 3 is 2.67 bits per heavy atom. The molecular weight excluding hydrogens is 248 g/mol. The van der Waals surface area contributed by atoms with Gasteiger partial charge < -0.3 is 5.32 Å². The summed E-state index contributed by atoms with van der Waals surface area (Å²) in [5, 5.41) is 3.38. The molecule has 1 rings (SSSR count). The van der Waals surface area contributed by atoms with Gasteiger partial charge in [0, 0.05) is 30.4 Å². The predicted molar refractivity (Wildman–Crippen MR) is 74.3 cm³/mol. The maximum Gasteiger partial charge on any atom is 0.147 e. The third kappa shape index (κ3) is 5.60. The first-order chi connectivity index (χ1) is 8.42. The Morgan fingerprint density at radius 1 is 1.39 bits per heavy atom. The minimum absolute atomic E-state index is 0.184. The van der Waals surface area contributed by atoms with Crippen molar-refractivity contribution in [3.63, 3.8) is 0 Å². The van der Waals surface area contributed by atoms with Gasteiger partial charge in [-0.2, -0.15) is 0 Å². The van der Waals surface area contributed by atoms with Crippen LogP contribution in [-0.4, -0.2) is 32.0 Å². The topological polar surface area (TPSA) is 59.1 Å². The highest BCUT2D eigenvalue weighted by Gasteiger charge is 2.12. The first-order valence-corrected chi connectivity index (χ1v) is 8.31. The zero-order chi connectivity index (χ0) is 13.6. The van der Waals surface area contributed by atoms with E-state index in [4.69, 9.17) is 0 Å². The van der Waals surface area contributed by atoms with Gasteiger partial charge in [0.2, 0.25) is 0 Å². The van der Waals surface area contributed by atoms with Crippen molar-refractivity contribution >= 4 is 9.84 Å². The predicted octanol–water partition coefficient (Wildman–Crippen LogP) is 1.87. The third-order valence-corrected chi connectivity index (χ3v) is 3.79. The second-order valence-electron chi connectivity index (χ2n) is 4.68. The van der Waals surface area contributed by atoms with Crippen LogP contribution in [0.15, 0.2) is 18.5 Å². The number of pyridine rings is 1. The van der Waals surface area contributed by atoms with Gasteiger partial charge in [-0.1, -0.05) is 13.0 Å². The monoisotopic (exact) mass is 270 g/mol. The van der Waals surface area contributed by atoms with Crippen molar-refractivity contribution < 1.29 is 8.42 Å². The molecule has 1 atom stereocenters. The fourth-order valence-corrected chi connectivity index (χ4v) is 2.64. The Labute approximate surface area is 110 Å². The Hall–Kier alpha value is -0.940. The fourth-order valence-electron chi connectivity index (χ4n) is 1.95. The maximum atomic E-state index is 11.1. The zero-order valence-electron chi connectivity index (χ0n) is 11.3. The van der Waals surface area contributed by atoms with Crippen LogP contribution in [0.25, 0.3) is 0 Å². The Bertz CT molecular complexity index is 472. The molecule has 0 aliphatic heterocycles. The highest BCUT2D eigenvalue weighted by atomic mass is 32.2. The summed E-state index contributed by atoms with van der Waals surface area (Å²) in [4.78, 5) is 4.19. The normalized spacial score (nSPS) is 13.5. The molecular formula is C13H22N2O2S. The molecule has 1 N–H and O–H groups in total. The average molecular weight is 270 g/mol. The quantitative estimate of drug-likeness (QED) is 0.821. The van der Waals surface area contributed by atoms with E-state index in [1.54, 1.807) is 0 Å². The van der Waals surface area contributed by atoms with Crippen molar-refractivity contribution in [3.8, 4) is 0 Å². The molecule has 1 unspecified atom stereocenters. The molecule has 0 amide bonds. The van der Waals surface area contributed by atoms with Gasteiger partial charge >= 0.3 is 0 Å². The first kappa shape index (κ1) is 15.1. The Kier molecular flexibility index (Phi) is 5.75. The van der Waals surface area contributed by atoms with Crippen LogP contribution >= 0.6 is 0 Å². The first-order valence-electron chi connectivity index (χ1n) is 6.25. The van der Waals surface area contributed by atoms with Crippen LogP contribution in [0.2, 0.25) is 0 Å². The number of sulfone groups is 1. The van der Waals surface area contributed by atoms with Crippen LogP contribution in [0.4, 0.5) is 0 Å². The molecule has 18 heavy (non-hydrogen) atoms. The number of hydrogen-bond donors (Lipinski definition) is 1. The van der Waals surface area contributed by atoms with Crippen molar-refractivity contribution in [1.82, 2.24) is 10.3 Å². The highest BCUT2D eigenvalue weighted by Crippen LogP contribution is 2.18. The van der Waals surface area contributed by atoms with Gasteiger partial charge in [-0.15, -0.1) is 0 Å². The molecule has 0 spiro atoms. The van der Waals surface area contributed by atoms with Crippen molar-refractivity contribution in [2.24, 2.45) is 0 Å². The van der Waals surface area contributed by atoms with Gasteiger partial charge in [-0.25, -0.2) is 8.42 Å². The van der Waals surface area contributed by atoms with Crippen LogP contribution in [0.5, 0.6) is 0 Å². The standard InChI is InChI=1S/C13H22N2O2S/c1-4-15-13(6-5-7-18(3,16)17)12-8-11(2)9-14-10-12/h8-10,13,15H,4-7H2,1-3H3. The summed E-state index contributed by atoms with van der Waals surface area (Å²) in [7, 11) is -2.87. The van der Waals surface area contributed by atoms with Crippen LogP contribution in [0.3, 0.4) is 0 Å². The summed E-state index contributed by atoms with van der Waals surface area (Å²) in [6.07, 6.45) is 6.43. The van der Waals surface area contributed by atoms with Gasteiger partial charge in [-0.3, -0.25) is 4.98 Å². The molecule has 0 aromatic carbocycles. The molecule has 1 aromatic rings. The third-order valence-electron chi connectivity index (χ3n) is 2.76. The molecule has 1 heterocycles. The lowest BCUT2D eigenvalue weighted by Gasteiger charge is -2.18. The minimum Gasteiger partial charge on any atom is -0.310 e. The van der Waals surface area contributed by atoms with Crippen molar-refractivity contribution in [2.75, 3.05) is 18.6 Å². The van der Waals surface area contributed by atoms with E-state index in [0.717, 1.165) is 24.1 Å². The van der Waals surface area contributed by atoms with E-state index in [1.165, 1.54) is 6.26 Å². The molecule has 0 fully saturated rings. The minimum atomic E-state index is -2.87. The lowest BCUT2D eigenvalue weighted by molar-refractivity contribution is 0.505. The summed E-state index contributed by atoms with van der Waals surface area (Å²) in [6.45, 7) is 4.92. The SMILES string of the molecule is CCNC(CCCS(C)(=O)=O)c1cncc(C)c1. The number of nitrogens with one attached hydrogen (secondary N) is 1. The number of aromatic nitrogens is 1. The molecule has 4 nitrogen and oxygen atoms in total. The molecule has 0 aliphatic carbocycles. The molecule has 5 heteroatoms. The number of nitrogens with zero attached hydrogens (tertiary/aromatic N) is 1. The lowest BCUT2D eigenvalue weighted by Crippen LogP contribution is -2.22. The van der Waals surface area contributed by atoms with Crippen molar-refractivity contribution in [3.05, 3.63) is 29.6 Å². The largest absolute Gasteiger partial charge is 0.310 e. The maximum absolute atomic E-state index is 11.1. The van der Waals surface area contributed by atoms with Gasteiger partial charge in [0.05, 0.1) is 0 Å². The second kappa shape index (κ2) is 6.85. The summed E-state index contributed by atoms with van der Waals surface area (Å²) < 4.78 is 22.3. The van der Waals surface area contributed by atoms with E-state index in [9.17, 15) is 8.42 Å². The Balaban J connectivity index is 2.65. The van der Waals surface area contributed by atoms with Gasteiger partial charge in [0.25, 0.3) is 0 Å². The molecule has 0 saturated heterocycles. The van der Waals surface area contributed by atoms with Gasteiger partial charge in [0.15, 0.2) is 0 Å². The van der Waals surface area contributed by atoms with Gasteiger partial charge in [-0.05, 0) is 37.4 Å². The second-order valence-corrected chi connectivity index (χ2v) is 6.94. The van der Waals surface area contributed by atoms with Crippen molar-refractivity contribution in [2.45, 2.75) is 32.7 Å². The lowest BCUT2D eigenvalue weighted by atomic mass is 10.0. The number of aryl methyl sites for hydroxylation is 1. The van der Waals surface area contributed by atoms with Crippen LogP contribution in [0.1, 0.15) is 36.9 Å². The highest BCUT2D eigenvalue weighted by molar-refractivity contribution is 7.90. The molecule has 0 radical (unpaired) electrons. The smallest absolute Gasteiger partial charge is 0.147 e. The summed E-state index contributed by atoms with van der Waals surface area (Å²) in [6, 6.07) is 2.28. The van der Waals surface area contributed by atoms with Gasteiger partial charge in [0.1, 0.15) is 9.84 Å². The summed E-state index contributed by atoms with van der Waals surface area (Å²) >= 11 is 0. The van der Waals surface area contributed by atoms with E-state index in [2.05, 4.69) is 16.4 Å². The van der Waals surface area contributed by atoms with E-state index in [-0.39, 0.29) is 11.8 Å². The molecule has 102 valence electrons. The zero-order valence-corrected chi connectivity index (χ0v) is 12.1. The number of rotatable bonds is 7. The molecule has 0 aliphatic rings. The van der Waals surface area contributed by atoms with Crippen LogP contribution in [-0.2, 0) is 9.84 Å². The van der Waals surface area contributed by atoms with E-state index < -0.39 is 9.84 Å². The molecule has 1 aromatic heterocycles. The summed E-state index contributed by atoms with van der Waals surface area (Å²) in [5.41, 5.74) is 2.25. The van der Waals surface area contributed by atoms with Crippen LogP contribution < -0.4 is 5.32 Å². The van der Waals surface area contributed by atoms with E-state index >= 15 is 0 Å². The fraction of sp³-hybridized carbons (Fsp3) is 0.615. The Morgan fingerprint density at radius 2 is 2.11 bits per heavy atom.